The quantitative estimate of drug-likeness (QED) is 0.713. The molecule has 80 valence electrons. The molecular formula is C14H14N2. The van der Waals surface area contributed by atoms with E-state index in [-0.39, 0.29) is 0 Å². The Morgan fingerprint density at radius 3 is 2.94 bits per heavy atom. The monoisotopic (exact) mass is 210 g/mol. The van der Waals surface area contributed by atoms with Crippen molar-refractivity contribution in [3.05, 3.63) is 59.3 Å². The van der Waals surface area contributed by atoms with Crippen LogP contribution in [0, 0.1) is 0 Å². The van der Waals surface area contributed by atoms with E-state index in [1.165, 1.54) is 17.0 Å². The molecule has 0 fully saturated rings. The van der Waals surface area contributed by atoms with Crippen molar-refractivity contribution in [1.82, 2.24) is 0 Å². The predicted molar refractivity (Wildman–Crippen MR) is 67.8 cm³/mol. The van der Waals surface area contributed by atoms with Crippen LogP contribution in [-0.2, 0) is 0 Å². The molecule has 0 saturated carbocycles. The van der Waals surface area contributed by atoms with Crippen molar-refractivity contribution >= 4 is 11.4 Å². The van der Waals surface area contributed by atoms with Crippen LogP contribution in [0.15, 0.2) is 53.8 Å². The molecule has 0 atom stereocenters. The van der Waals surface area contributed by atoms with Gasteiger partial charge in [0, 0.05) is 29.6 Å². The van der Waals surface area contributed by atoms with Crippen molar-refractivity contribution < 1.29 is 0 Å². The molecule has 2 nitrogen and oxygen atoms in total. The molecule has 0 bridgehead atoms. The molecular weight excluding hydrogens is 196 g/mol. The molecule has 0 amide bonds. The van der Waals surface area contributed by atoms with Crippen molar-refractivity contribution in [3.8, 4) is 0 Å². The number of rotatable bonds is 0. The number of para-hydroxylation sites is 1. The smallest absolute Gasteiger partial charge is 0.0502 e. The first-order valence-corrected chi connectivity index (χ1v) is 5.48. The van der Waals surface area contributed by atoms with E-state index < -0.39 is 0 Å². The lowest BCUT2D eigenvalue weighted by atomic mass is 9.92. The summed E-state index contributed by atoms with van der Waals surface area (Å²) in [7, 11) is 2.09. The predicted octanol–water partition coefficient (Wildman–Crippen LogP) is 2.65. The van der Waals surface area contributed by atoms with Gasteiger partial charge >= 0.3 is 0 Å². The zero-order valence-corrected chi connectivity index (χ0v) is 9.27. The summed E-state index contributed by atoms with van der Waals surface area (Å²) in [6, 6.07) is 8.28. The maximum Gasteiger partial charge on any atom is 0.0502 e. The first-order valence-electron chi connectivity index (χ1n) is 5.48. The van der Waals surface area contributed by atoms with E-state index in [1.54, 1.807) is 0 Å². The van der Waals surface area contributed by atoms with E-state index >= 15 is 0 Å². The second-order valence-corrected chi connectivity index (χ2v) is 4.15. The molecule has 0 unspecified atom stereocenters. The highest BCUT2D eigenvalue weighted by Crippen LogP contribution is 2.39. The highest BCUT2D eigenvalue weighted by molar-refractivity contribution is 5.86. The third-order valence-corrected chi connectivity index (χ3v) is 3.26. The molecule has 1 aromatic rings. The van der Waals surface area contributed by atoms with E-state index in [9.17, 15) is 0 Å². The summed E-state index contributed by atoms with van der Waals surface area (Å²) in [5.74, 6) is 0. The molecule has 1 aliphatic heterocycles. The van der Waals surface area contributed by atoms with Crippen molar-refractivity contribution in [1.29, 1.82) is 0 Å². The number of likely N-dealkylation sites (N-methyl/N-ethyl adjacent to an activating group) is 1. The first kappa shape index (κ1) is 9.28. The van der Waals surface area contributed by atoms with Crippen LogP contribution in [0.4, 0.5) is 5.69 Å². The summed E-state index contributed by atoms with van der Waals surface area (Å²) in [6.07, 6.45) is 7.29. The molecule has 1 aliphatic carbocycles. The number of allylic oxidation sites excluding steroid dienone is 4. The molecule has 1 heterocycles. The van der Waals surface area contributed by atoms with Gasteiger partial charge in [0.1, 0.15) is 0 Å². The zero-order chi connectivity index (χ0) is 11.1. The Bertz CT molecular complexity index is 535. The Morgan fingerprint density at radius 2 is 2.06 bits per heavy atom. The van der Waals surface area contributed by atoms with E-state index in [0.717, 1.165) is 17.7 Å². The minimum absolute atomic E-state index is 0.921. The van der Waals surface area contributed by atoms with E-state index in [2.05, 4.69) is 42.3 Å². The van der Waals surface area contributed by atoms with Gasteiger partial charge in [-0.15, -0.1) is 0 Å². The number of benzene rings is 1. The fraction of sp³-hybridized carbons (Fsp3) is 0.143. The van der Waals surface area contributed by atoms with Crippen molar-refractivity contribution in [3.63, 3.8) is 0 Å². The van der Waals surface area contributed by atoms with Crippen LogP contribution in [0.2, 0.25) is 0 Å². The molecule has 3 rings (SSSR count). The van der Waals surface area contributed by atoms with Gasteiger partial charge in [-0.3, -0.25) is 0 Å². The van der Waals surface area contributed by atoms with Crippen LogP contribution in [0.5, 0.6) is 0 Å². The van der Waals surface area contributed by atoms with Gasteiger partial charge in [0.25, 0.3) is 0 Å². The van der Waals surface area contributed by atoms with Gasteiger partial charge in [0.15, 0.2) is 0 Å². The molecule has 0 saturated heterocycles. The topological polar surface area (TPSA) is 29.3 Å². The normalized spacial score (nSPS) is 18.1. The van der Waals surface area contributed by atoms with Crippen LogP contribution in [-0.4, -0.2) is 7.05 Å². The molecule has 2 N–H and O–H groups in total. The Labute approximate surface area is 95.4 Å². The Hall–Kier alpha value is -1.96. The molecule has 0 radical (unpaired) electrons. The average molecular weight is 210 g/mol. The van der Waals surface area contributed by atoms with Gasteiger partial charge in [0.05, 0.1) is 5.69 Å². The summed E-state index contributed by atoms with van der Waals surface area (Å²) in [4.78, 5) is 2.21. The van der Waals surface area contributed by atoms with Crippen molar-refractivity contribution in [2.45, 2.75) is 6.42 Å². The van der Waals surface area contributed by atoms with Crippen LogP contribution >= 0.6 is 0 Å². The highest BCUT2D eigenvalue weighted by atomic mass is 15.1. The second-order valence-electron chi connectivity index (χ2n) is 4.15. The third-order valence-electron chi connectivity index (χ3n) is 3.26. The summed E-state index contributed by atoms with van der Waals surface area (Å²) in [6.45, 7) is 0. The SMILES string of the molecule is CN1C2=CC=CCC2=C(N)c2ccccc21. The van der Waals surface area contributed by atoms with E-state index in [4.69, 9.17) is 5.73 Å². The van der Waals surface area contributed by atoms with Crippen molar-refractivity contribution in [2.75, 3.05) is 11.9 Å². The minimum atomic E-state index is 0.921. The fourth-order valence-electron chi connectivity index (χ4n) is 2.40. The number of fused-ring (bicyclic) bond motifs is 2. The standard InChI is InChI=1S/C14H14N2/c1-16-12-8-4-2-6-10(12)14(15)11-7-3-5-9-13(11)16/h2-6,8-9H,7,15H2,1H3. The molecule has 0 aromatic heterocycles. The van der Waals surface area contributed by atoms with E-state index in [0.29, 0.717) is 0 Å². The van der Waals surface area contributed by atoms with Crippen molar-refractivity contribution in [2.24, 2.45) is 5.73 Å². The van der Waals surface area contributed by atoms with Gasteiger partial charge in [-0.2, -0.15) is 0 Å². The molecule has 16 heavy (non-hydrogen) atoms. The number of hydrogen-bond donors (Lipinski definition) is 1. The van der Waals surface area contributed by atoms with Crippen LogP contribution in [0.1, 0.15) is 12.0 Å². The summed E-state index contributed by atoms with van der Waals surface area (Å²) >= 11 is 0. The maximum absolute atomic E-state index is 6.24. The fourth-order valence-corrected chi connectivity index (χ4v) is 2.40. The van der Waals surface area contributed by atoms with Gasteiger partial charge in [0.2, 0.25) is 0 Å². The van der Waals surface area contributed by atoms with Gasteiger partial charge < -0.3 is 10.6 Å². The van der Waals surface area contributed by atoms with Gasteiger partial charge in [-0.05, 0) is 18.6 Å². The Balaban J connectivity index is 2.29. The summed E-state index contributed by atoms with van der Waals surface area (Å²) < 4.78 is 0. The van der Waals surface area contributed by atoms with Gasteiger partial charge in [-0.25, -0.2) is 0 Å². The number of nitrogens with two attached hydrogens (primary N) is 1. The summed E-state index contributed by atoms with van der Waals surface area (Å²) in [5, 5.41) is 0. The van der Waals surface area contributed by atoms with E-state index in [1.807, 2.05) is 12.1 Å². The largest absolute Gasteiger partial charge is 0.398 e. The third kappa shape index (κ3) is 1.13. The lowest BCUT2D eigenvalue weighted by molar-refractivity contribution is 1.02. The molecule has 2 heteroatoms. The second kappa shape index (κ2) is 3.27. The first-order chi connectivity index (χ1) is 7.79. The van der Waals surface area contributed by atoms with Crippen LogP contribution < -0.4 is 10.6 Å². The lowest BCUT2D eigenvalue weighted by Crippen LogP contribution is -2.26. The zero-order valence-electron chi connectivity index (χ0n) is 9.27. The minimum Gasteiger partial charge on any atom is -0.398 e. The number of hydrogen-bond acceptors (Lipinski definition) is 2. The lowest BCUT2D eigenvalue weighted by Gasteiger charge is -2.33. The Morgan fingerprint density at radius 1 is 1.25 bits per heavy atom. The number of nitrogens with zero attached hydrogens (tertiary/aromatic N) is 1. The number of anilines is 1. The molecule has 1 aromatic carbocycles. The molecule has 0 spiro atoms. The maximum atomic E-state index is 6.24. The highest BCUT2D eigenvalue weighted by Gasteiger charge is 2.24. The molecule has 2 aliphatic rings. The van der Waals surface area contributed by atoms with Crippen LogP contribution in [0.3, 0.4) is 0 Å². The van der Waals surface area contributed by atoms with Crippen LogP contribution in [0.25, 0.3) is 5.70 Å². The summed E-state index contributed by atoms with van der Waals surface area (Å²) in [5.41, 5.74) is 12.0. The Kier molecular flexibility index (Phi) is 1.90. The average Bonchev–Trinajstić information content (AvgIpc) is 2.36. The van der Waals surface area contributed by atoms with Gasteiger partial charge in [-0.1, -0.05) is 30.4 Å².